The van der Waals surface area contributed by atoms with Crippen LogP contribution in [0.5, 0.6) is 0 Å². The molecular weight excluding hydrogens is 1050 g/mol. The van der Waals surface area contributed by atoms with Crippen LogP contribution in [0.1, 0.15) is 114 Å². The SMILES string of the molecule is Cc1ncsc1-c1ccc(CNC(=O)[C@@H]2C[C@@H](O)CN2C(=O)C(NC(=O)CCCCCCCCCNC(=O)CN2CCC(n3cc(-c4cnc5cccc(-c6cc(F)c(CN7CCOCC7)c(F)c6)c5n4)cn3)CC2)C(C)(C)C)cc1. The highest BCUT2D eigenvalue weighted by Crippen LogP contribution is 2.33. The lowest BCUT2D eigenvalue weighted by Crippen LogP contribution is -2.57. The zero-order valence-corrected chi connectivity index (χ0v) is 47.9. The number of ether oxygens (including phenoxy) is 1. The Labute approximate surface area is 477 Å². The molecule has 3 fully saturated rings. The fourth-order valence-electron chi connectivity index (χ4n) is 11.1. The molecule has 3 aromatic heterocycles. The number of aryl methyl sites for hydroxylation is 1. The summed E-state index contributed by atoms with van der Waals surface area (Å²) in [5.41, 5.74) is 7.71. The third-order valence-corrected chi connectivity index (χ3v) is 16.8. The number of para-hydroxylation sites is 1. The first-order valence-corrected chi connectivity index (χ1v) is 29.6. The number of aromatic nitrogens is 5. The van der Waals surface area contributed by atoms with Crippen LogP contribution in [0.4, 0.5) is 8.78 Å². The Morgan fingerprint density at radius 2 is 1.54 bits per heavy atom. The van der Waals surface area contributed by atoms with E-state index in [1.54, 1.807) is 23.7 Å². The van der Waals surface area contributed by atoms with E-state index in [0.717, 1.165) is 91.7 Å². The predicted molar refractivity (Wildman–Crippen MR) is 309 cm³/mol. The highest BCUT2D eigenvalue weighted by atomic mass is 32.1. The molecule has 432 valence electrons. The topological polar surface area (TPSA) is 200 Å². The first-order valence-electron chi connectivity index (χ1n) is 28.7. The van der Waals surface area contributed by atoms with E-state index >= 15 is 8.78 Å². The molecule has 81 heavy (non-hydrogen) atoms. The van der Waals surface area contributed by atoms with Gasteiger partial charge in [0, 0.05) is 88.1 Å². The van der Waals surface area contributed by atoms with Gasteiger partial charge in [0.05, 0.1) is 77.1 Å². The van der Waals surface area contributed by atoms with Gasteiger partial charge in [-0.2, -0.15) is 5.10 Å². The number of amides is 4. The van der Waals surface area contributed by atoms with Crippen LogP contribution in [0.3, 0.4) is 0 Å². The molecule has 17 nitrogen and oxygen atoms in total. The van der Waals surface area contributed by atoms with Gasteiger partial charge in [0.25, 0.3) is 0 Å². The minimum absolute atomic E-state index is 0.0201. The van der Waals surface area contributed by atoms with Gasteiger partial charge in [-0.1, -0.05) is 89.3 Å². The standard InChI is InChI=1S/C61H77F2N11O6S/c1-40-57(81-39-67-40)42-18-16-41(17-19-42)32-66-59(78)53-31-46(75)36-73(53)60(79)58(61(2,3)4)70-54(76)15-10-8-6-5-7-9-11-22-64-55(77)38-71-23-20-45(21-24-71)74-35-44(33-68-74)52-34-65-51-14-12-13-47(56(51)69-52)43-29-49(62)48(50(63)30-43)37-72-25-27-80-28-26-72/h12-14,16-19,29-30,33-35,39,45-46,53,58,75H,5-11,15,20-28,31-32,36-38H2,1-4H3,(H,64,77)(H,66,78)(H,70,76)/t46-,53+,58?/m1/s1. The van der Waals surface area contributed by atoms with E-state index in [-0.39, 0.29) is 67.7 Å². The summed E-state index contributed by atoms with van der Waals surface area (Å²) in [6.45, 7) is 12.9. The van der Waals surface area contributed by atoms with Crippen LogP contribution in [0.15, 0.2) is 78.7 Å². The van der Waals surface area contributed by atoms with Gasteiger partial charge in [-0.15, -0.1) is 11.3 Å². The number of likely N-dealkylation sites (tertiary alicyclic amines) is 2. The molecular formula is C61H77F2N11O6S. The number of aliphatic hydroxyl groups excluding tert-OH is 1. The lowest BCUT2D eigenvalue weighted by molar-refractivity contribution is -0.144. The number of thiazole rings is 1. The summed E-state index contributed by atoms with van der Waals surface area (Å²) >= 11 is 1.58. The molecule has 6 aromatic rings. The first-order chi connectivity index (χ1) is 39.1. The number of nitrogens with one attached hydrogen (secondary N) is 3. The van der Waals surface area contributed by atoms with E-state index in [0.29, 0.717) is 73.7 Å². The number of hydrogen-bond acceptors (Lipinski definition) is 13. The lowest BCUT2D eigenvalue weighted by Gasteiger charge is -2.35. The van der Waals surface area contributed by atoms with Crippen molar-refractivity contribution in [2.75, 3.05) is 59.0 Å². The Kier molecular flexibility index (Phi) is 20.0. The van der Waals surface area contributed by atoms with Crippen LogP contribution < -0.4 is 16.0 Å². The summed E-state index contributed by atoms with van der Waals surface area (Å²) in [6.07, 6.45) is 13.2. The minimum Gasteiger partial charge on any atom is -0.391 e. The van der Waals surface area contributed by atoms with E-state index in [1.807, 2.05) is 91.4 Å². The fourth-order valence-corrected chi connectivity index (χ4v) is 11.9. The third-order valence-electron chi connectivity index (χ3n) is 15.8. The number of hydrogen-bond donors (Lipinski definition) is 4. The number of carbonyl (C=O) groups excluding carboxylic acids is 4. The summed E-state index contributed by atoms with van der Waals surface area (Å²) in [4.78, 5) is 74.3. The summed E-state index contributed by atoms with van der Waals surface area (Å²) in [5, 5.41) is 24.3. The van der Waals surface area contributed by atoms with Crippen LogP contribution in [-0.4, -0.2) is 145 Å². The Morgan fingerprint density at radius 3 is 2.25 bits per heavy atom. The fraction of sp³-hybridized carbons (Fsp3) is 0.508. The number of fused-ring (bicyclic) bond motifs is 1. The van der Waals surface area contributed by atoms with Crippen molar-refractivity contribution < 1.29 is 37.8 Å². The number of unbranched alkanes of at least 4 members (excludes halogenated alkanes) is 6. The van der Waals surface area contributed by atoms with Gasteiger partial charge >= 0.3 is 0 Å². The zero-order valence-electron chi connectivity index (χ0n) is 47.1. The molecule has 6 heterocycles. The van der Waals surface area contributed by atoms with E-state index in [2.05, 4.69) is 35.9 Å². The van der Waals surface area contributed by atoms with Crippen LogP contribution >= 0.6 is 11.3 Å². The minimum atomic E-state index is -0.867. The van der Waals surface area contributed by atoms with Crippen molar-refractivity contribution >= 4 is 46.0 Å². The molecule has 0 saturated carbocycles. The van der Waals surface area contributed by atoms with Gasteiger partial charge in [-0.25, -0.2) is 18.7 Å². The molecule has 0 radical (unpaired) electrons. The second-order valence-electron chi connectivity index (χ2n) is 23.0. The number of halogens is 2. The van der Waals surface area contributed by atoms with Crippen molar-refractivity contribution in [3.05, 3.63) is 107 Å². The predicted octanol–water partition coefficient (Wildman–Crippen LogP) is 8.39. The van der Waals surface area contributed by atoms with Gasteiger partial charge in [-0.05, 0) is 72.9 Å². The number of rotatable bonds is 23. The van der Waals surface area contributed by atoms with Crippen molar-refractivity contribution in [2.24, 2.45) is 5.41 Å². The molecule has 0 bridgehead atoms. The summed E-state index contributed by atoms with van der Waals surface area (Å²) in [7, 11) is 0. The molecule has 3 aromatic carbocycles. The molecule has 4 N–H and O–H groups in total. The largest absolute Gasteiger partial charge is 0.391 e. The highest BCUT2D eigenvalue weighted by Gasteiger charge is 2.44. The second-order valence-corrected chi connectivity index (χ2v) is 23.8. The summed E-state index contributed by atoms with van der Waals surface area (Å²) in [6, 6.07) is 14.6. The van der Waals surface area contributed by atoms with Gasteiger partial charge < -0.3 is 30.7 Å². The van der Waals surface area contributed by atoms with E-state index in [9.17, 15) is 24.3 Å². The molecule has 20 heteroatoms. The number of nitrogens with zero attached hydrogens (tertiary/aromatic N) is 8. The monoisotopic (exact) mass is 1130 g/mol. The van der Waals surface area contributed by atoms with Gasteiger partial charge in [0.1, 0.15) is 23.7 Å². The van der Waals surface area contributed by atoms with Crippen LogP contribution in [0.25, 0.3) is 43.9 Å². The molecule has 1 unspecified atom stereocenters. The number of piperidine rings is 1. The summed E-state index contributed by atoms with van der Waals surface area (Å²) in [5.74, 6) is -2.09. The maximum absolute atomic E-state index is 15.5. The molecule has 3 aliphatic heterocycles. The molecule has 3 saturated heterocycles. The van der Waals surface area contributed by atoms with Crippen LogP contribution in [0.2, 0.25) is 0 Å². The van der Waals surface area contributed by atoms with E-state index in [4.69, 9.17) is 9.72 Å². The number of aliphatic hydroxyl groups is 1. The average Bonchev–Trinajstić information content (AvgIpc) is 4.45. The van der Waals surface area contributed by atoms with Crippen molar-refractivity contribution in [1.82, 2.24) is 55.4 Å². The Bertz CT molecular complexity index is 3090. The molecule has 0 spiro atoms. The average molecular weight is 1130 g/mol. The molecule has 3 atom stereocenters. The molecule has 3 aliphatic rings. The first kappa shape index (κ1) is 59.1. The number of morpholine rings is 1. The van der Waals surface area contributed by atoms with Crippen LogP contribution in [0, 0.1) is 24.0 Å². The van der Waals surface area contributed by atoms with Crippen molar-refractivity contribution in [2.45, 2.75) is 136 Å². The van der Waals surface area contributed by atoms with E-state index < -0.39 is 35.2 Å². The maximum atomic E-state index is 15.5. The number of benzene rings is 3. The van der Waals surface area contributed by atoms with Crippen LogP contribution in [-0.2, 0) is 37.0 Å². The third kappa shape index (κ3) is 15.5. The van der Waals surface area contributed by atoms with Crippen molar-refractivity contribution in [1.29, 1.82) is 0 Å². The highest BCUT2D eigenvalue weighted by molar-refractivity contribution is 7.13. The Morgan fingerprint density at radius 1 is 0.827 bits per heavy atom. The van der Waals surface area contributed by atoms with Gasteiger partial charge in [0.2, 0.25) is 23.6 Å². The van der Waals surface area contributed by atoms with Gasteiger partial charge in [-0.3, -0.25) is 38.6 Å². The molecule has 9 rings (SSSR count). The van der Waals surface area contributed by atoms with Crippen molar-refractivity contribution in [3.8, 4) is 32.8 Å². The number of β-amino-alcohol motifs (C(OH)–C–C–N with tert-alkyl or cyclic N) is 1. The summed E-state index contributed by atoms with van der Waals surface area (Å²) < 4.78 is 38.3. The molecule has 4 amide bonds. The normalized spacial score (nSPS) is 17.8. The number of carbonyl (C=O) groups is 4. The quantitative estimate of drug-likeness (QED) is 0.0448. The zero-order chi connectivity index (χ0) is 57.0. The lowest BCUT2D eigenvalue weighted by atomic mass is 9.85. The van der Waals surface area contributed by atoms with Crippen molar-refractivity contribution in [3.63, 3.8) is 0 Å². The smallest absolute Gasteiger partial charge is 0.246 e. The Hall–Kier alpha value is -6.58. The van der Waals surface area contributed by atoms with Gasteiger partial charge in [0.15, 0.2) is 0 Å². The Balaban J connectivity index is 0.637. The maximum Gasteiger partial charge on any atom is 0.246 e. The van der Waals surface area contributed by atoms with E-state index in [1.165, 1.54) is 17.0 Å². The molecule has 0 aliphatic carbocycles. The second kappa shape index (κ2) is 27.5.